The topological polar surface area (TPSA) is 123 Å². The molecule has 1 unspecified atom stereocenters. The van der Waals surface area contributed by atoms with E-state index in [9.17, 15) is 21.6 Å². The second kappa shape index (κ2) is 6.94. The molecule has 1 fully saturated rings. The highest BCUT2D eigenvalue weighted by atomic mass is 32.2. The zero-order chi connectivity index (χ0) is 20.9. The maximum Gasteiger partial charge on any atom is 0.242 e. The standard InChI is InChI=1S/C18H19FN2O5S2/c1-3-12-17(19)10(2)15(11-7-5-4-6-8-11)16(18(12)27(20,23)24)13-9-14(22)21-28(13,25)26/h4-8,13H,3,9H2,1-2H3,(H,21,22)(H2,20,23,24). The molecule has 1 aliphatic rings. The number of rotatable bonds is 4. The minimum atomic E-state index is -4.49. The fourth-order valence-electron chi connectivity index (χ4n) is 3.65. The Balaban J connectivity index is 2.57. The van der Waals surface area contributed by atoms with Crippen molar-refractivity contribution in [1.82, 2.24) is 4.72 Å². The molecule has 10 heteroatoms. The van der Waals surface area contributed by atoms with Crippen LogP contribution in [0.4, 0.5) is 4.39 Å². The number of hydrogen-bond donors (Lipinski definition) is 2. The van der Waals surface area contributed by atoms with E-state index in [-0.39, 0.29) is 28.7 Å². The van der Waals surface area contributed by atoms with Crippen LogP contribution >= 0.6 is 0 Å². The highest BCUT2D eigenvalue weighted by Crippen LogP contribution is 2.44. The van der Waals surface area contributed by atoms with Crippen molar-refractivity contribution in [1.29, 1.82) is 0 Å². The molecule has 3 rings (SSSR count). The Kier molecular flexibility index (Phi) is 5.07. The van der Waals surface area contributed by atoms with Gasteiger partial charge in [-0.25, -0.2) is 26.4 Å². The summed E-state index contributed by atoms with van der Waals surface area (Å²) in [5, 5.41) is 3.90. The van der Waals surface area contributed by atoms with Crippen LogP contribution in [0.25, 0.3) is 11.1 Å². The quantitative estimate of drug-likeness (QED) is 0.773. The number of carbonyl (C=O) groups excluding carboxylic acids is 1. The first kappa shape index (κ1) is 20.4. The van der Waals surface area contributed by atoms with E-state index in [2.05, 4.69) is 0 Å². The fourth-order valence-corrected chi connectivity index (χ4v) is 6.31. The highest BCUT2D eigenvalue weighted by Gasteiger charge is 2.43. The highest BCUT2D eigenvalue weighted by molar-refractivity contribution is 7.91. The van der Waals surface area contributed by atoms with Gasteiger partial charge in [-0.3, -0.25) is 9.52 Å². The molecule has 1 aliphatic heterocycles. The van der Waals surface area contributed by atoms with E-state index in [1.54, 1.807) is 37.3 Å². The number of nitrogens with one attached hydrogen (secondary N) is 1. The lowest BCUT2D eigenvalue weighted by Gasteiger charge is -2.23. The van der Waals surface area contributed by atoms with Crippen LogP contribution in [0.3, 0.4) is 0 Å². The normalized spacial score (nSPS) is 18.9. The predicted molar refractivity (Wildman–Crippen MR) is 102 cm³/mol. The van der Waals surface area contributed by atoms with Crippen LogP contribution in [0.5, 0.6) is 0 Å². The summed E-state index contributed by atoms with van der Waals surface area (Å²) in [5.74, 6) is -1.52. The minimum absolute atomic E-state index is 0.0192. The molecule has 1 amide bonds. The van der Waals surface area contributed by atoms with E-state index in [0.29, 0.717) is 5.56 Å². The molecule has 0 spiro atoms. The third kappa shape index (κ3) is 3.31. The molecule has 0 bridgehead atoms. The van der Waals surface area contributed by atoms with Gasteiger partial charge < -0.3 is 0 Å². The van der Waals surface area contributed by atoms with Gasteiger partial charge in [0.25, 0.3) is 0 Å². The van der Waals surface area contributed by atoms with Gasteiger partial charge in [0.2, 0.25) is 26.0 Å². The summed E-state index contributed by atoms with van der Waals surface area (Å²) in [5.41, 5.74) is 0.285. The lowest BCUT2D eigenvalue weighted by atomic mass is 9.89. The number of benzene rings is 2. The summed E-state index contributed by atoms with van der Waals surface area (Å²) >= 11 is 0. The number of sulfonamides is 2. The molecule has 0 radical (unpaired) electrons. The van der Waals surface area contributed by atoms with E-state index in [1.807, 2.05) is 4.72 Å². The molecule has 2 aromatic rings. The SMILES string of the molecule is CCc1c(F)c(C)c(-c2ccccc2)c(C2CC(=O)NS2(=O)=O)c1S(N)(=O)=O. The first-order valence-corrected chi connectivity index (χ1v) is 11.6. The molecular weight excluding hydrogens is 407 g/mol. The average molecular weight is 426 g/mol. The van der Waals surface area contributed by atoms with Crippen LogP contribution in [0, 0.1) is 12.7 Å². The first-order chi connectivity index (χ1) is 13.0. The second-order valence-electron chi connectivity index (χ2n) is 6.56. The molecular formula is C18H19FN2O5S2. The van der Waals surface area contributed by atoms with Crippen molar-refractivity contribution in [3.05, 3.63) is 52.8 Å². The largest absolute Gasteiger partial charge is 0.274 e. The third-order valence-corrected chi connectivity index (χ3v) is 7.48. The van der Waals surface area contributed by atoms with Gasteiger partial charge in [-0.15, -0.1) is 0 Å². The van der Waals surface area contributed by atoms with Crippen LogP contribution in [0.15, 0.2) is 35.2 Å². The summed E-state index contributed by atoms with van der Waals surface area (Å²) in [6, 6.07) is 8.26. The van der Waals surface area contributed by atoms with Gasteiger partial charge >= 0.3 is 0 Å². The lowest BCUT2D eigenvalue weighted by Crippen LogP contribution is -2.25. The summed E-state index contributed by atoms with van der Waals surface area (Å²) in [7, 11) is -8.69. The van der Waals surface area contributed by atoms with Gasteiger partial charge in [-0.1, -0.05) is 37.3 Å². The van der Waals surface area contributed by atoms with Crippen molar-refractivity contribution in [3.8, 4) is 11.1 Å². The Bertz CT molecular complexity index is 1180. The van der Waals surface area contributed by atoms with Crippen molar-refractivity contribution < 1.29 is 26.0 Å². The maximum atomic E-state index is 15.1. The van der Waals surface area contributed by atoms with Crippen molar-refractivity contribution in [2.24, 2.45) is 5.14 Å². The summed E-state index contributed by atoms with van der Waals surface area (Å²) in [4.78, 5) is 11.2. The van der Waals surface area contributed by atoms with Crippen LogP contribution in [-0.2, 0) is 31.3 Å². The van der Waals surface area contributed by atoms with E-state index in [0.717, 1.165) is 0 Å². The zero-order valence-corrected chi connectivity index (χ0v) is 16.8. The number of carbonyl (C=O) groups is 1. The summed E-state index contributed by atoms with van der Waals surface area (Å²) < 4.78 is 67.0. The zero-order valence-electron chi connectivity index (χ0n) is 15.2. The Hall–Kier alpha value is -2.30. The molecule has 28 heavy (non-hydrogen) atoms. The van der Waals surface area contributed by atoms with E-state index < -0.39 is 48.3 Å². The number of primary sulfonamides is 1. The van der Waals surface area contributed by atoms with Crippen molar-refractivity contribution in [2.45, 2.75) is 36.8 Å². The van der Waals surface area contributed by atoms with Gasteiger partial charge in [-0.05, 0) is 30.0 Å². The Morgan fingerprint density at radius 2 is 1.86 bits per heavy atom. The molecule has 1 atom stereocenters. The van der Waals surface area contributed by atoms with Gasteiger partial charge in [0.1, 0.15) is 11.1 Å². The lowest BCUT2D eigenvalue weighted by molar-refractivity contribution is -0.118. The fraction of sp³-hybridized carbons (Fsp3) is 0.278. The predicted octanol–water partition coefficient (Wildman–Crippen LogP) is 1.90. The Morgan fingerprint density at radius 1 is 1.25 bits per heavy atom. The van der Waals surface area contributed by atoms with Crippen molar-refractivity contribution in [2.75, 3.05) is 0 Å². The molecule has 2 aromatic carbocycles. The molecule has 3 N–H and O–H groups in total. The molecule has 0 saturated carbocycles. The number of halogens is 1. The summed E-state index contributed by atoms with van der Waals surface area (Å²) in [6.45, 7) is 3.00. The van der Waals surface area contributed by atoms with Gasteiger partial charge in [0.05, 0.1) is 11.3 Å². The smallest absolute Gasteiger partial charge is 0.242 e. The minimum Gasteiger partial charge on any atom is -0.274 e. The van der Waals surface area contributed by atoms with E-state index in [1.165, 1.54) is 6.92 Å². The Morgan fingerprint density at radius 3 is 2.32 bits per heavy atom. The van der Waals surface area contributed by atoms with Gasteiger partial charge in [0.15, 0.2) is 0 Å². The van der Waals surface area contributed by atoms with E-state index >= 15 is 4.39 Å². The van der Waals surface area contributed by atoms with Crippen LogP contribution < -0.4 is 9.86 Å². The van der Waals surface area contributed by atoms with Gasteiger partial charge in [0, 0.05) is 11.1 Å². The average Bonchev–Trinajstić information content (AvgIpc) is 2.88. The monoisotopic (exact) mass is 426 g/mol. The van der Waals surface area contributed by atoms with E-state index in [4.69, 9.17) is 5.14 Å². The number of nitrogens with two attached hydrogens (primary N) is 1. The van der Waals surface area contributed by atoms with Crippen molar-refractivity contribution in [3.63, 3.8) is 0 Å². The summed E-state index contributed by atoms with van der Waals surface area (Å²) in [6.07, 6.45) is -0.492. The maximum absolute atomic E-state index is 15.1. The molecule has 1 saturated heterocycles. The van der Waals surface area contributed by atoms with Crippen molar-refractivity contribution >= 4 is 26.0 Å². The second-order valence-corrected chi connectivity index (χ2v) is 9.92. The van der Waals surface area contributed by atoms with Gasteiger partial charge in [-0.2, -0.15) is 0 Å². The number of hydrogen-bond acceptors (Lipinski definition) is 5. The van der Waals surface area contributed by atoms with Crippen LogP contribution in [-0.4, -0.2) is 22.7 Å². The number of amides is 1. The molecule has 7 nitrogen and oxygen atoms in total. The molecule has 1 heterocycles. The van der Waals surface area contributed by atoms with Crippen LogP contribution in [0.2, 0.25) is 0 Å². The molecule has 0 aliphatic carbocycles. The van der Waals surface area contributed by atoms with Crippen LogP contribution in [0.1, 0.15) is 35.3 Å². The first-order valence-electron chi connectivity index (χ1n) is 8.46. The Labute approximate surface area is 162 Å². The molecule has 0 aromatic heterocycles. The third-order valence-electron chi connectivity index (χ3n) is 4.78. The molecule has 150 valence electrons.